The van der Waals surface area contributed by atoms with E-state index in [1.807, 2.05) is 47.8 Å². The fraction of sp³-hybridized carbons (Fsp3) is 0.125. The Morgan fingerprint density at radius 2 is 1.69 bits per heavy atom. The van der Waals surface area contributed by atoms with E-state index in [2.05, 4.69) is 15.3 Å². The van der Waals surface area contributed by atoms with E-state index >= 15 is 0 Å². The van der Waals surface area contributed by atoms with Crippen molar-refractivity contribution in [1.82, 2.24) is 9.97 Å². The number of anilines is 1. The second-order valence-electron chi connectivity index (χ2n) is 6.70. The number of carbonyl (C=O) groups is 1. The van der Waals surface area contributed by atoms with Crippen LogP contribution in [0.25, 0.3) is 22.0 Å². The first-order valence-corrected chi connectivity index (χ1v) is 10.6. The molecular formula is C24H21N3O4S. The van der Waals surface area contributed by atoms with Crippen LogP contribution in [0.4, 0.5) is 5.69 Å². The van der Waals surface area contributed by atoms with Crippen molar-refractivity contribution in [2.45, 2.75) is 0 Å². The summed E-state index contributed by atoms with van der Waals surface area (Å²) >= 11 is 1.53. The van der Waals surface area contributed by atoms with Crippen LogP contribution >= 0.6 is 11.3 Å². The molecule has 0 atom stereocenters. The van der Waals surface area contributed by atoms with Gasteiger partial charge in [0.2, 0.25) is 5.75 Å². The molecule has 0 bridgehead atoms. The number of hydrogen-bond donors (Lipinski definition) is 1. The predicted octanol–water partition coefficient (Wildman–Crippen LogP) is 5.15. The SMILES string of the molecule is COc1cc(C(=O)Nc2cccc(-c3csc(-c4ccccn4)n3)c2)cc(OC)c1OC. The zero-order chi connectivity index (χ0) is 22.5. The lowest BCUT2D eigenvalue weighted by Crippen LogP contribution is -2.12. The summed E-state index contributed by atoms with van der Waals surface area (Å²) in [5.74, 6) is 0.959. The predicted molar refractivity (Wildman–Crippen MR) is 125 cm³/mol. The molecule has 4 aromatic rings. The second-order valence-corrected chi connectivity index (χ2v) is 7.56. The van der Waals surface area contributed by atoms with Gasteiger partial charge in [0.1, 0.15) is 5.01 Å². The van der Waals surface area contributed by atoms with Crippen molar-refractivity contribution in [2.24, 2.45) is 0 Å². The van der Waals surface area contributed by atoms with Crippen molar-refractivity contribution in [3.8, 4) is 39.2 Å². The van der Waals surface area contributed by atoms with Gasteiger partial charge in [0.15, 0.2) is 11.5 Å². The van der Waals surface area contributed by atoms with Crippen molar-refractivity contribution in [2.75, 3.05) is 26.6 Å². The van der Waals surface area contributed by atoms with Crippen LogP contribution in [0.2, 0.25) is 0 Å². The summed E-state index contributed by atoms with van der Waals surface area (Å²) in [5.41, 5.74) is 3.57. The highest BCUT2D eigenvalue weighted by molar-refractivity contribution is 7.13. The number of methoxy groups -OCH3 is 3. The van der Waals surface area contributed by atoms with Crippen LogP contribution in [0.3, 0.4) is 0 Å². The van der Waals surface area contributed by atoms with E-state index < -0.39 is 0 Å². The van der Waals surface area contributed by atoms with Crippen LogP contribution in [-0.4, -0.2) is 37.2 Å². The highest BCUT2D eigenvalue weighted by Crippen LogP contribution is 2.38. The van der Waals surface area contributed by atoms with Crippen LogP contribution in [-0.2, 0) is 0 Å². The van der Waals surface area contributed by atoms with Gasteiger partial charge >= 0.3 is 0 Å². The normalized spacial score (nSPS) is 10.5. The Hall–Kier alpha value is -3.91. The summed E-state index contributed by atoms with van der Waals surface area (Å²) in [4.78, 5) is 21.9. The number of hydrogen-bond acceptors (Lipinski definition) is 7. The average Bonchev–Trinajstić information content (AvgIpc) is 3.34. The maximum Gasteiger partial charge on any atom is 0.255 e. The molecule has 1 amide bonds. The lowest BCUT2D eigenvalue weighted by atomic mass is 10.1. The van der Waals surface area contributed by atoms with Crippen LogP contribution in [0, 0.1) is 0 Å². The van der Waals surface area contributed by atoms with Gasteiger partial charge in [0, 0.05) is 28.4 Å². The number of aromatic nitrogens is 2. The van der Waals surface area contributed by atoms with Crippen LogP contribution < -0.4 is 19.5 Å². The van der Waals surface area contributed by atoms with Crippen molar-refractivity contribution < 1.29 is 19.0 Å². The topological polar surface area (TPSA) is 82.6 Å². The molecule has 0 fully saturated rings. The standard InChI is InChI=1S/C24H21N3O4S/c1-29-20-12-16(13-21(30-2)22(20)31-3)23(28)26-17-8-6-7-15(11-17)19-14-32-24(27-19)18-9-4-5-10-25-18/h4-14H,1-3H3,(H,26,28). The summed E-state index contributed by atoms with van der Waals surface area (Å²) in [5, 5.41) is 5.74. The first-order chi connectivity index (χ1) is 15.6. The maximum atomic E-state index is 12.9. The summed E-state index contributed by atoms with van der Waals surface area (Å²) in [7, 11) is 4.54. The third kappa shape index (κ3) is 4.40. The summed E-state index contributed by atoms with van der Waals surface area (Å²) in [6.45, 7) is 0. The van der Waals surface area contributed by atoms with E-state index in [1.54, 1.807) is 18.3 Å². The van der Waals surface area contributed by atoms with Crippen LogP contribution in [0.15, 0.2) is 66.2 Å². The first kappa shape index (κ1) is 21.3. The molecule has 0 saturated carbocycles. The monoisotopic (exact) mass is 447 g/mol. The molecule has 4 rings (SSSR count). The molecule has 0 radical (unpaired) electrons. The van der Waals surface area contributed by atoms with Gasteiger partial charge in [-0.05, 0) is 36.4 Å². The fourth-order valence-corrected chi connectivity index (χ4v) is 3.99. The first-order valence-electron chi connectivity index (χ1n) is 9.71. The summed E-state index contributed by atoms with van der Waals surface area (Å²) in [6.07, 6.45) is 1.75. The highest BCUT2D eigenvalue weighted by atomic mass is 32.1. The van der Waals surface area contributed by atoms with Gasteiger partial charge in [0.05, 0.1) is 32.7 Å². The van der Waals surface area contributed by atoms with E-state index in [0.717, 1.165) is 22.0 Å². The molecule has 1 N–H and O–H groups in total. The minimum Gasteiger partial charge on any atom is -0.493 e. The van der Waals surface area contributed by atoms with E-state index in [1.165, 1.54) is 32.7 Å². The van der Waals surface area contributed by atoms with E-state index in [4.69, 9.17) is 14.2 Å². The largest absolute Gasteiger partial charge is 0.493 e. The fourth-order valence-electron chi connectivity index (χ4n) is 3.18. The maximum absolute atomic E-state index is 12.9. The number of ether oxygens (including phenoxy) is 3. The number of carbonyl (C=O) groups excluding carboxylic acids is 1. The number of pyridine rings is 1. The van der Waals surface area contributed by atoms with Crippen molar-refractivity contribution in [3.63, 3.8) is 0 Å². The molecule has 0 aliphatic rings. The molecule has 2 heterocycles. The Kier molecular flexibility index (Phi) is 6.32. The highest BCUT2D eigenvalue weighted by Gasteiger charge is 2.17. The Morgan fingerprint density at radius 3 is 2.34 bits per heavy atom. The Labute approximate surface area is 189 Å². The number of amides is 1. The third-order valence-corrected chi connectivity index (χ3v) is 5.60. The molecule has 0 spiro atoms. The molecule has 8 heteroatoms. The molecule has 2 aromatic carbocycles. The van der Waals surface area contributed by atoms with Gasteiger partial charge in [-0.1, -0.05) is 18.2 Å². The Balaban J connectivity index is 1.57. The van der Waals surface area contributed by atoms with Gasteiger partial charge in [0.25, 0.3) is 5.91 Å². The lowest BCUT2D eigenvalue weighted by molar-refractivity contribution is 0.102. The summed E-state index contributed by atoms with van der Waals surface area (Å²) < 4.78 is 16.0. The minimum atomic E-state index is -0.297. The third-order valence-electron chi connectivity index (χ3n) is 4.73. The minimum absolute atomic E-state index is 0.297. The number of nitrogens with one attached hydrogen (secondary N) is 1. The average molecular weight is 448 g/mol. The van der Waals surface area contributed by atoms with E-state index in [9.17, 15) is 4.79 Å². The molecule has 162 valence electrons. The van der Waals surface area contributed by atoms with Crippen molar-refractivity contribution in [3.05, 3.63) is 71.7 Å². The molecule has 7 nitrogen and oxygen atoms in total. The van der Waals surface area contributed by atoms with Crippen LogP contribution in [0.1, 0.15) is 10.4 Å². The lowest BCUT2D eigenvalue weighted by Gasteiger charge is -2.14. The van der Waals surface area contributed by atoms with Gasteiger partial charge in [-0.15, -0.1) is 11.3 Å². The molecule has 0 aliphatic heterocycles. The quantitative estimate of drug-likeness (QED) is 0.422. The zero-order valence-electron chi connectivity index (χ0n) is 17.8. The van der Waals surface area contributed by atoms with Gasteiger partial charge in [-0.2, -0.15) is 0 Å². The second kappa shape index (κ2) is 9.49. The van der Waals surface area contributed by atoms with E-state index in [0.29, 0.717) is 28.5 Å². The summed E-state index contributed by atoms with van der Waals surface area (Å²) in [6, 6.07) is 16.5. The number of thiazole rings is 1. The molecule has 0 unspecified atom stereocenters. The number of benzene rings is 2. The molecule has 32 heavy (non-hydrogen) atoms. The van der Waals surface area contributed by atoms with Gasteiger partial charge in [-0.25, -0.2) is 4.98 Å². The van der Waals surface area contributed by atoms with Gasteiger partial charge < -0.3 is 19.5 Å². The van der Waals surface area contributed by atoms with E-state index in [-0.39, 0.29) is 5.91 Å². The van der Waals surface area contributed by atoms with Crippen LogP contribution in [0.5, 0.6) is 17.2 Å². The molecular weight excluding hydrogens is 426 g/mol. The van der Waals surface area contributed by atoms with Crippen molar-refractivity contribution >= 4 is 22.9 Å². The number of nitrogens with zero attached hydrogens (tertiary/aromatic N) is 2. The molecule has 0 aliphatic carbocycles. The number of rotatable bonds is 7. The molecule has 2 aromatic heterocycles. The Morgan fingerprint density at radius 1 is 0.906 bits per heavy atom. The zero-order valence-corrected chi connectivity index (χ0v) is 18.6. The smallest absolute Gasteiger partial charge is 0.255 e. The van der Waals surface area contributed by atoms with Gasteiger partial charge in [-0.3, -0.25) is 9.78 Å². The Bertz CT molecular complexity index is 1220. The molecule has 0 saturated heterocycles. The van der Waals surface area contributed by atoms with Crippen molar-refractivity contribution in [1.29, 1.82) is 0 Å².